The van der Waals surface area contributed by atoms with Gasteiger partial charge in [0.1, 0.15) is 12.4 Å². The summed E-state index contributed by atoms with van der Waals surface area (Å²) in [6.07, 6.45) is 0. The summed E-state index contributed by atoms with van der Waals surface area (Å²) in [4.78, 5) is 27.1. The molecule has 0 saturated heterocycles. The van der Waals surface area contributed by atoms with E-state index in [2.05, 4.69) is 4.98 Å². The molecule has 24 heavy (non-hydrogen) atoms. The number of H-pyrrole nitrogens is 1. The number of rotatable bonds is 4. The molecular weight excluding hydrogens is 306 g/mol. The molecule has 0 unspecified atom stereocenters. The zero-order valence-electron chi connectivity index (χ0n) is 13.5. The normalized spacial score (nSPS) is 10.6. The van der Waals surface area contributed by atoms with Gasteiger partial charge in [0.05, 0.1) is 18.2 Å². The lowest BCUT2D eigenvalue weighted by Crippen LogP contribution is -2.15. The number of benzene rings is 2. The van der Waals surface area contributed by atoms with E-state index in [1.165, 1.54) is 7.11 Å². The fraction of sp³-hybridized carbons (Fsp3) is 0.158. The molecule has 1 aromatic heterocycles. The largest absolute Gasteiger partial charge is 0.497 e. The first kappa shape index (κ1) is 15.8. The highest BCUT2D eigenvalue weighted by Crippen LogP contribution is 2.15. The van der Waals surface area contributed by atoms with Gasteiger partial charge in [-0.2, -0.15) is 0 Å². The molecule has 0 saturated carbocycles. The van der Waals surface area contributed by atoms with Crippen LogP contribution in [0.1, 0.15) is 21.5 Å². The maximum atomic E-state index is 12.1. The highest BCUT2D eigenvalue weighted by Gasteiger charge is 2.10. The molecule has 3 aromatic rings. The van der Waals surface area contributed by atoms with Crippen molar-refractivity contribution >= 4 is 16.9 Å². The van der Waals surface area contributed by atoms with Crippen LogP contribution in [0.2, 0.25) is 0 Å². The van der Waals surface area contributed by atoms with Gasteiger partial charge in [-0.15, -0.1) is 0 Å². The molecule has 1 heterocycles. The number of esters is 1. The number of carbonyl (C=O) groups is 1. The van der Waals surface area contributed by atoms with E-state index < -0.39 is 5.97 Å². The van der Waals surface area contributed by atoms with Gasteiger partial charge in [0.15, 0.2) is 0 Å². The molecule has 2 aromatic carbocycles. The first-order valence-electron chi connectivity index (χ1n) is 7.50. The first-order chi connectivity index (χ1) is 11.6. The Kier molecular flexibility index (Phi) is 4.33. The summed E-state index contributed by atoms with van der Waals surface area (Å²) in [6.45, 7) is 1.87. The van der Waals surface area contributed by atoms with Gasteiger partial charge in [-0.3, -0.25) is 4.79 Å². The SMILES string of the molecule is COc1cccc(C(=O)OCc2cc3ccc(C)cc3[nH]c2=O)c1. The summed E-state index contributed by atoms with van der Waals surface area (Å²) in [5.41, 5.74) is 2.36. The van der Waals surface area contributed by atoms with Gasteiger partial charge in [0.2, 0.25) is 0 Å². The Morgan fingerprint density at radius 3 is 2.75 bits per heavy atom. The maximum Gasteiger partial charge on any atom is 0.338 e. The summed E-state index contributed by atoms with van der Waals surface area (Å²) in [6, 6.07) is 14.2. The highest BCUT2D eigenvalue weighted by molar-refractivity contribution is 5.89. The Morgan fingerprint density at radius 1 is 1.12 bits per heavy atom. The van der Waals surface area contributed by atoms with Gasteiger partial charge in [-0.05, 0) is 48.2 Å². The van der Waals surface area contributed by atoms with E-state index in [0.717, 1.165) is 16.5 Å². The Hall–Kier alpha value is -3.08. The summed E-state index contributed by atoms with van der Waals surface area (Å²) in [7, 11) is 1.53. The lowest BCUT2D eigenvalue weighted by molar-refractivity contribution is 0.0471. The predicted octanol–water partition coefficient (Wildman–Crippen LogP) is 3.20. The van der Waals surface area contributed by atoms with Gasteiger partial charge in [-0.1, -0.05) is 18.2 Å². The molecule has 0 aliphatic carbocycles. The second-order valence-corrected chi connectivity index (χ2v) is 5.52. The second kappa shape index (κ2) is 6.58. The molecule has 0 atom stereocenters. The van der Waals surface area contributed by atoms with Crippen LogP contribution >= 0.6 is 0 Å². The molecule has 0 radical (unpaired) electrons. The van der Waals surface area contributed by atoms with Crippen molar-refractivity contribution in [3.8, 4) is 5.75 Å². The van der Waals surface area contributed by atoms with Crippen LogP contribution in [-0.2, 0) is 11.3 Å². The fourth-order valence-corrected chi connectivity index (χ4v) is 2.44. The van der Waals surface area contributed by atoms with Crippen molar-refractivity contribution in [2.75, 3.05) is 7.11 Å². The molecule has 5 nitrogen and oxygen atoms in total. The van der Waals surface area contributed by atoms with Crippen LogP contribution in [0.5, 0.6) is 5.75 Å². The number of fused-ring (bicyclic) bond motifs is 1. The number of aromatic nitrogens is 1. The summed E-state index contributed by atoms with van der Waals surface area (Å²) >= 11 is 0. The number of aromatic amines is 1. The molecule has 0 spiro atoms. The Balaban J connectivity index is 1.80. The first-order valence-corrected chi connectivity index (χ1v) is 7.50. The number of aryl methyl sites for hydroxylation is 1. The lowest BCUT2D eigenvalue weighted by Gasteiger charge is -2.07. The zero-order chi connectivity index (χ0) is 17.1. The average Bonchev–Trinajstić information content (AvgIpc) is 2.59. The van der Waals surface area contributed by atoms with Gasteiger partial charge in [0, 0.05) is 5.52 Å². The Morgan fingerprint density at radius 2 is 1.96 bits per heavy atom. The molecule has 0 aliphatic heterocycles. The molecule has 0 aliphatic rings. The fourth-order valence-electron chi connectivity index (χ4n) is 2.44. The van der Waals surface area contributed by atoms with Crippen molar-refractivity contribution in [1.29, 1.82) is 0 Å². The molecule has 0 bridgehead atoms. The van der Waals surface area contributed by atoms with E-state index in [0.29, 0.717) is 16.9 Å². The number of hydrogen-bond acceptors (Lipinski definition) is 4. The van der Waals surface area contributed by atoms with E-state index in [-0.39, 0.29) is 12.2 Å². The number of hydrogen-bond donors (Lipinski definition) is 1. The van der Waals surface area contributed by atoms with Gasteiger partial charge < -0.3 is 14.5 Å². The van der Waals surface area contributed by atoms with Crippen LogP contribution in [0, 0.1) is 6.92 Å². The van der Waals surface area contributed by atoms with Crippen molar-refractivity contribution in [2.24, 2.45) is 0 Å². The van der Waals surface area contributed by atoms with Crippen molar-refractivity contribution in [1.82, 2.24) is 4.98 Å². The molecule has 0 fully saturated rings. The molecule has 122 valence electrons. The average molecular weight is 323 g/mol. The minimum atomic E-state index is -0.502. The second-order valence-electron chi connectivity index (χ2n) is 5.52. The number of carbonyl (C=O) groups excluding carboxylic acids is 1. The summed E-state index contributed by atoms with van der Waals surface area (Å²) in [5.74, 6) is 0.0701. The Labute approximate surface area is 138 Å². The summed E-state index contributed by atoms with van der Waals surface area (Å²) in [5, 5.41) is 0.896. The van der Waals surface area contributed by atoms with E-state index in [4.69, 9.17) is 9.47 Å². The van der Waals surface area contributed by atoms with E-state index in [1.807, 2.05) is 25.1 Å². The van der Waals surface area contributed by atoms with Crippen LogP contribution in [0.25, 0.3) is 10.9 Å². The molecule has 0 amide bonds. The van der Waals surface area contributed by atoms with E-state index in [9.17, 15) is 9.59 Å². The number of pyridine rings is 1. The van der Waals surface area contributed by atoms with E-state index in [1.54, 1.807) is 30.3 Å². The molecule has 3 rings (SSSR count). The van der Waals surface area contributed by atoms with Crippen molar-refractivity contribution in [3.05, 3.63) is 75.6 Å². The smallest absolute Gasteiger partial charge is 0.338 e. The monoisotopic (exact) mass is 323 g/mol. The zero-order valence-corrected chi connectivity index (χ0v) is 13.5. The molecule has 1 N–H and O–H groups in total. The predicted molar refractivity (Wildman–Crippen MR) is 91.4 cm³/mol. The molecular formula is C19H17NO4. The van der Waals surface area contributed by atoms with Crippen molar-refractivity contribution in [3.63, 3.8) is 0 Å². The van der Waals surface area contributed by atoms with Crippen LogP contribution in [0.3, 0.4) is 0 Å². The van der Waals surface area contributed by atoms with Crippen molar-refractivity contribution < 1.29 is 14.3 Å². The number of ether oxygens (including phenoxy) is 2. The van der Waals surface area contributed by atoms with Gasteiger partial charge in [0.25, 0.3) is 5.56 Å². The maximum absolute atomic E-state index is 12.1. The van der Waals surface area contributed by atoms with Crippen LogP contribution in [0.4, 0.5) is 0 Å². The topological polar surface area (TPSA) is 68.4 Å². The minimum Gasteiger partial charge on any atom is -0.497 e. The third-order valence-corrected chi connectivity index (χ3v) is 3.74. The summed E-state index contributed by atoms with van der Waals surface area (Å²) < 4.78 is 10.3. The lowest BCUT2D eigenvalue weighted by atomic mass is 10.1. The van der Waals surface area contributed by atoms with E-state index >= 15 is 0 Å². The third kappa shape index (κ3) is 3.30. The van der Waals surface area contributed by atoms with Crippen LogP contribution in [0.15, 0.2) is 53.3 Å². The van der Waals surface area contributed by atoms with Gasteiger partial charge in [-0.25, -0.2) is 4.79 Å². The minimum absolute atomic E-state index is 0.0881. The van der Waals surface area contributed by atoms with Gasteiger partial charge >= 0.3 is 5.97 Å². The molecule has 5 heteroatoms. The van der Waals surface area contributed by atoms with Crippen molar-refractivity contribution in [2.45, 2.75) is 13.5 Å². The Bertz CT molecular complexity index is 959. The third-order valence-electron chi connectivity index (χ3n) is 3.74. The highest BCUT2D eigenvalue weighted by atomic mass is 16.5. The standard InChI is InChI=1S/C19H17NO4/c1-12-6-7-13-9-15(18(21)20-17(13)8-12)11-24-19(22)14-4-3-5-16(10-14)23-2/h3-10H,11H2,1-2H3,(H,20,21). The van der Waals surface area contributed by atoms with Crippen LogP contribution in [-0.4, -0.2) is 18.1 Å². The number of nitrogens with one attached hydrogen (secondary N) is 1. The number of methoxy groups -OCH3 is 1. The quantitative estimate of drug-likeness (QED) is 0.749. The van der Waals surface area contributed by atoms with Crippen LogP contribution < -0.4 is 10.3 Å².